The number of nitrogens with one attached hydrogen (secondary N) is 3. The molecule has 0 aliphatic rings. The monoisotopic (exact) mass is 598 g/mol. The van der Waals surface area contributed by atoms with Gasteiger partial charge in [-0.05, 0) is 90.1 Å². The molecule has 3 amide bonds. The number of aromatic hydroxyl groups is 1. The number of amides is 3. The number of ether oxygens (including phenoxy) is 1. The molecule has 0 fully saturated rings. The second kappa shape index (κ2) is 14.8. The third-order valence-corrected chi connectivity index (χ3v) is 6.75. The Kier molecular flexibility index (Phi) is 11.4. The highest BCUT2D eigenvalue weighted by molar-refractivity contribution is 6.01. The van der Waals surface area contributed by atoms with Crippen LogP contribution in [-0.4, -0.2) is 23.1 Å². The SMILES string of the molecule is CCCCC(Oc1ccc(CC(C)(C)C)cc1CC(C)(C)C)C(=O)Nc1ccc(NC(=O)Nc2ccc(C#N)cc2)c(O)c1. The number of benzene rings is 3. The second-order valence-corrected chi connectivity index (χ2v) is 13.7. The van der Waals surface area contributed by atoms with E-state index in [0.29, 0.717) is 29.1 Å². The average molecular weight is 599 g/mol. The summed E-state index contributed by atoms with van der Waals surface area (Å²) in [6.07, 6.45) is 3.30. The van der Waals surface area contributed by atoms with Crippen molar-refractivity contribution >= 4 is 29.0 Å². The number of nitrogens with zero attached hydrogens (tertiary/aromatic N) is 1. The highest BCUT2D eigenvalue weighted by Crippen LogP contribution is 2.32. The zero-order valence-corrected chi connectivity index (χ0v) is 27.0. The predicted octanol–water partition coefficient (Wildman–Crippen LogP) is 8.66. The molecule has 234 valence electrons. The van der Waals surface area contributed by atoms with Crippen LogP contribution in [0.3, 0.4) is 0 Å². The molecule has 0 heterocycles. The summed E-state index contributed by atoms with van der Waals surface area (Å²) in [5.41, 5.74) is 4.04. The number of rotatable bonds is 11. The Labute approximate surface area is 261 Å². The first kappa shape index (κ1) is 34.0. The molecule has 44 heavy (non-hydrogen) atoms. The summed E-state index contributed by atoms with van der Waals surface area (Å²) in [5, 5.41) is 27.6. The fourth-order valence-corrected chi connectivity index (χ4v) is 4.82. The number of carbonyl (C=O) groups is 2. The zero-order chi connectivity index (χ0) is 32.5. The van der Waals surface area contributed by atoms with Gasteiger partial charge >= 0.3 is 6.03 Å². The quantitative estimate of drug-likeness (QED) is 0.164. The Morgan fingerprint density at radius 3 is 2.11 bits per heavy atom. The third-order valence-electron chi connectivity index (χ3n) is 6.75. The summed E-state index contributed by atoms with van der Waals surface area (Å²) < 4.78 is 6.43. The van der Waals surface area contributed by atoms with E-state index in [1.807, 2.05) is 12.1 Å². The van der Waals surface area contributed by atoms with Crippen LogP contribution < -0.4 is 20.7 Å². The van der Waals surface area contributed by atoms with Gasteiger partial charge < -0.3 is 25.8 Å². The summed E-state index contributed by atoms with van der Waals surface area (Å²) in [5.74, 6) is 0.202. The molecule has 1 unspecified atom stereocenters. The molecule has 3 aromatic carbocycles. The molecule has 3 rings (SSSR count). The van der Waals surface area contributed by atoms with E-state index in [1.54, 1.807) is 30.3 Å². The van der Waals surface area contributed by atoms with E-state index in [2.05, 4.69) is 76.5 Å². The number of anilines is 3. The molecule has 0 aromatic heterocycles. The van der Waals surface area contributed by atoms with Gasteiger partial charge in [0.15, 0.2) is 6.10 Å². The number of hydrogen-bond acceptors (Lipinski definition) is 5. The van der Waals surface area contributed by atoms with Crippen LogP contribution in [0.4, 0.5) is 21.9 Å². The second-order valence-electron chi connectivity index (χ2n) is 13.7. The van der Waals surface area contributed by atoms with Crippen molar-refractivity contribution in [3.8, 4) is 17.6 Å². The van der Waals surface area contributed by atoms with Gasteiger partial charge in [0.1, 0.15) is 11.5 Å². The van der Waals surface area contributed by atoms with E-state index < -0.39 is 12.1 Å². The minimum Gasteiger partial charge on any atom is -0.506 e. The van der Waals surface area contributed by atoms with Gasteiger partial charge in [-0.3, -0.25) is 4.79 Å². The Morgan fingerprint density at radius 1 is 0.864 bits per heavy atom. The molecule has 0 aliphatic carbocycles. The van der Waals surface area contributed by atoms with Crippen LogP contribution in [0, 0.1) is 22.2 Å². The van der Waals surface area contributed by atoms with Crippen molar-refractivity contribution in [3.63, 3.8) is 0 Å². The lowest BCUT2D eigenvalue weighted by Gasteiger charge is -2.25. The van der Waals surface area contributed by atoms with Crippen molar-refractivity contribution in [1.29, 1.82) is 5.26 Å². The maximum absolute atomic E-state index is 13.5. The normalized spacial score (nSPS) is 12.1. The first-order chi connectivity index (χ1) is 20.7. The lowest BCUT2D eigenvalue weighted by atomic mass is 9.84. The maximum Gasteiger partial charge on any atom is 0.323 e. The molecule has 0 bridgehead atoms. The molecular weight excluding hydrogens is 552 g/mol. The molecule has 0 radical (unpaired) electrons. The highest BCUT2D eigenvalue weighted by atomic mass is 16.5. The molecule has 1 atom stereocenters. The highest BCUT2D eigenvalue weighted by Gasteiger charge is 2.24. The van der Waals surface area contributed by atoms with Gasteiger partial charge in [-0.15, -0.1) is 0 Å². The Balaban J connectivity index is 1.74. The Morgan fingerprint density at radius 2 is 1.52 bits per heavy atom. The zero-order valence-electron chi connectivity index (χ0n) is 27.0. The summed E-state index contributed by atoms with van der Waals surface area (Å²) in [6, 6.07) is 18.7. The van der Waals surface area contributed by atoms with E-state index in [1.165, 1.54) is 17.7 Å². The van der Waals surface area contributed by atoms with Crippen LogP contribution in [0.15, 0.2) is 60.7 Å². The van der Waals surface area contributed by atoms with Crippen LogP contribution in [0.2, 0.25) is 0 Å². The molecule has 0 spiro atoms. The van der Waals surface area contributed by atoms with Crippen molar-refractivity contribution in [2.45, 2.75) is 86.7 Å². The van der Waals surface area contributed by atoms with Gasteiger partial charge in [-0.25, -0.2) is 4.79 Å². The standard InChI is InChI=1S/C36H46N4O4/c1-8-9-10-32(44-31-18-13-25(21-35(2,3)4)19-26(31)22-36(5,6)7)33(42)38-28-16-17-29(30(41)20-28)40-34(43)39-27-14-11-24(23-37)12-15-27/h11-20,32,41H,8-10,21-22H2,1-7H3,(H,38,42)(H2,39,40,43). The minimum absolute atomic E-state index is 0.0336. The topological polar surface area (TPSA) is 123 Å². The smallest absolute Gasteiger partial charge is 0.323 e. The number of urea groups is 1. The molecule has 0 saturated heterocycles. The predicted molar refractivity (Wildman–Crippen MR) is 177 cm³/mol. The van der Waals surface area contributed by atoms with Crippen LogP contribution in [0.25, 0.3) is 0 Å². The van der Waals surface area contributed by atoms with Gasteiger partial charge in [0.25, 0.3) is 5.91 Å². The number of phenols is 1. The van der Waals surface area contributed by atoms with Crippen molar-refractivity contribution in [2.24, 2.45) is 10.8 Å². The van der Waals surface area contributed by atoms with E-state index in [4.69, 9.17) is 10.00 Å². The fraction of sp³-hybridized carbons (Fsp3) is 0.417. The summed E-state index contributed by atoms with van der Waals surface area (Å²) in [7, 11) is 0. The van der Waals surface area contributed by atoms with Crippen molar-refractivity contribution in [2.75, 3.05) is 16.0 Å². The number of nitriles is 1. The van der Waals surface area contributed by atoms with Gasteiger partial charge in [0, 0.05) is 17.4 Å². The lowest BCUT2D eigenvalue weighted by molar-refractivity contribution is -0.123. The largest absolute Gasteiger partial charge is 0.506 e. The number of unbranched alkanes of at least 4 members (excludes halogenated alkanes) is 1. The molecule has 4 N–H and O–H groups in total. The molecule has 0 saturated carbocycles. The van der Waals surface area contributed by atoms with Crippen LogP contribution in [-0.2, 0) is 17.6 Å². The third kappa shape index (κ3) is 11.0. The van der Waals surface area contributed by atoms with Crippen LogP contribution in [0.1, 0.15) is 84.4 Å². The number of phenolic OH excluding ortho intramolecular Hbond substituents is 1. The fourth-order valence-electron chi connectivity index (χ4n) is 4.82. The lowest BCUT2D eigenvalue weighted by Crippen LogP contribution is -2.33. The molecule has 8 heteroatoms. The Bertz CT molecular complexity index is 1480. The van der Waals surface area contributed by atoms with Crippen molar-refractivity contribution < 1.29 is 19.4 Å². The minimum atomic E-state index is -0.722. The van der Waals surface area contributed by atoms with E-state index in [9.17, 15) is 14.7 Å². The van der Waals surface area contributed by atoms with Crippen LogP contribution in [0.5, 0.6) is 11.5 Å². The average Bonchev–Trinajstić information content (AvgIpc) is 2.92. The van der Waals surface area contributed by atoms with Crippen LogP contribution >= 0.6 is 0 Å². The first-order valence-electron chi connectivity index (χ1n) is 15.2. The molecule has 3 aromatic rings. The summed E-state index contributed by atoms with van der Waals surface area (Å²) >= 11 is 0. The van der Waals surface area contributed by atoms with Gasteiger partial charge in [-0.1, -0.05) is 67.0 Å². The van der Waals surface area contributed by atoms with E-state index >= 15 is 0 Å². The number of carbonyl (C=O) groups excluding carboxylic acids is 2. The van der Waals surface area contributed by atoms with E-state index in [0.717, 1.165) is 31.2 Å². The summed E-state index contributed by atoms with van der Waals surface area (Å²) in [4.78, 5) is 25.9. The molecule has 8 nitrogen and oxygen atoms in total. The summed E-state index contributed by atoms with van der Waals surface area (Å²) in [6.45, 7) is 15.3. The number of hydrogen-bond donors (Lipinski definition) is 4. The van der Waals surface area contributed by atoms with Crippen molar-refractivity contribution in [3.05, 3.63) is 77.4 Å². The molecule has 0 aliphatic heterocycles. The Hall–Kier alpha value is -4.51. The molecular formula is C36H46N4O4. The van der Waals surface area contributed by atoms with Gasteiger partial charge in [0.05, 0.1) is 17.3 Å². The maximum atomic E-state index is 13.5. The van der Waals surface area contributed by atoms with Gasteiger partial charge in [-0.2, -0.15) is 5.26 Å². The van der Waals surface area contributed by atoms with Crippen molar-refractivity contribution in [1.82, 2.24) is 0 Å². The van der Waals surface area contributed by atoms with Gasteiger partial charge in [0.2, 0.25) is 0 Å². The van der Waals surface area contributed by atoms with E-state index in [-0.39, 0.29) is 28.2 Å². The first-order valence-corrected chi connectivity index (χ1v) is 15.2.